The molecule has 1 aromatic rings. The van der Waals surface area contributed by atoms with Gasteiger partial charge < -0.3 is 15.5 Å². The lowest BCUT2D eigenvalue weighted by Crippen LogP contribution is -2.45. The van der Waals surface area contributed by atoms with Gasteiger partial charge in [0.1, 0.15) is 6.54 Å². The molecule has 0 radical (unpaired) electrons. The van der Waals surface area contributed by atoms with Crippen molar-refractivity contribution in [1.82, 2.24) is 15.6 Å². The van der Waals surface area contributed by atoms with E-state index in [0.29, 0.717) is 0 Å². The minimum Gasteiger partial charge on any atom is -0.370 e. The molecule has 24 heavy (non-hydrogen) atoms. The van der Waals surface area contributed by atoms with Crippen molar-refractivity contribution in [1.29, 1.82) is 0 Å². The maximum Gasteiger partial charge on any atom is 0.405 e. The van der Waals surface area contributed by atoms with E-state index in [4.69, 9.17) is 0 Å². The summed E-state index contributed by atoms with van der Waals surface area (Å²) in [7, 11) is 0. The van der Waals surface area contributed by atoms with Gasteiger partial charge in [0.25, 0.3) is 0 Å². The summed E-state index contributed by atoms with van der Waals surface area (Å²) < 4.78 is 35.9. The van der Waals surface area contributed by atoms with Crippen molar-refractivity contribution in [2.24, 2.45) is 5.92 Å². The van der Waals surface area contributed by atoms with Crippen LogP contribution in [0, 0.1) is 5.92 Å². The van der Waals surface area contributed by atoms with Gasteiger partial charge in [-0.25, -0.2) is 0 Å². The SMILES string of the molecule is O=C(NCC1CCN(c2cccnc2)CC1)C(=O)NCC(F)(F)F. The summed E-state index contributed by atoms with van der Waals surface area (Å²) in [6.45, 7) is 0.362. The standard InChI is InChI=1S/C15H19F3N4O2/c16-15(17,18)10-21-14(24)13(23)20-8-11-3-6-22(7-4-11)12-2-1-5-19-9-12/h1-2,5,9,11H,3-4,6-8,10H2,(H,20,23)(H,21,24). The van der Waals surface area contributed by atoms with E-state index in [0.717, 1.165) is 31.6 Å². The molecule has 0 aromatic carbocycles. The van der Waals surface area contributed by atoms with Gasteiger partial charge in [0.05, 0.1) is 11.9 Å². The third-order valence-corrected chi connectivity index (χ3v) is 3.83. The molecule has 1 aliphatic heterocycles. The van der Waals surface area contributed by atoms with Crippen LogP contribution in [-0.4, -0.2) is 49.2 Å². The van der Waals surface area contributed by atoms with Gasteiger partial charge in [-0.15, -0.1) is 0 Å². The number of hydrogen-bond donors (Lipinski definition) is 2. The quantitative estimate of drug-likeness (QED) is 0.802. The summed E-state index contributed by atoms with van der Waals surface area (Å²) in [5.41, 5.74) is 1.03. The molecule has 1 fully saturated rings. The highest BCUT2D eigenvalue weighted by Gasteiger charge is 2.29. The van der Waals surface area contributed by atoms with Gasteiger partial charge in [-0.1, -0.05) is 0 Å². The number of piperidine rings is 1. The molecule has 2 amide bonds. The smallest absolute Gasteiger partial charge is 0.370 e. The Hall–Kier alpha value is -2.32. The number of carbonyl (C=O) groups is 2. The summed E-state index contributed by atoms with van der Waals surface area (Å²) in [5.74, 6) is -2.11. The number of hydrogen-bond acceptors (Lipinski definition) is 4. The molecular formula is C15H19F3N4O2. The van der Waals surface area contributed by atoms with Gasteiger partial charge >= 0.3 is 18.0 Å². The van der Waals surface area contributed by atoms with Gasteiger partial charge in [-0.05, 0) is 30.9 Å². The Labute approximate surface area is 137 Å². The fraction of sp³-hybridized carbons (Fsp3) is 0.533. The number of anilines is 1. The first-order chi connectivity index (χ1) is 11.3. The first kappa shape index (κ1) is 18.0. The van der Waals surface area contributed by atoms with E-state index >= 15 is 0 Å². The maximum atomic E-state index is 12.0. The maximum absolute atomic E-state index is 12.0. The number of aromatic nitrogens is 1. The molecule has 2 heterocycles. The van der Waals surface area contributed by atoms with Gasteiger partial charge in [0.2, 0.25) is 0 Å². The lowest BCUT2D eigenvalue weighted by atomic mass is 9.96. The van der Waals surface area contributed by atoms with Crippen LogP contribution in [0.5, 0.6) is 0 Å². The van der Waals surface area contributed by atoms with E-state index in [-0.39, 0.29) is 12.5 Å². The van der Waals surface area contributed by atoms with Crippen molar-refractivity contribution in [3.8, 4) is 0 Å². The molecule has 1 saturated heterocycles. The van der Waals surface area contributed by atoms with E-state index in [2.05, 4.69) is 15.2 Å². The largest absolute Gasteiger partial charge is 0.405 e. The average Bonchev–Trinajstić information content (AvgIpc) is 2.58. The number of carbonyl (C=O) groups excluding carboxylic acids is 2. The highest BCUT2D eigenvalue weighted by Crippen LogP contribution is 2.21. The summed E-state index contributed by atoms with van der Waals surface area (Å²) in [6, 6.07) is 3.83. The Kier molecular flexibility index (Phi) is 5.99. The zero-order valence-corrected chi connectivity index (χ0v) is 13.0. The van der Waals surface area contributed by atoms with Crippen LogP contribution in [-0.2, 0) is 9.59 Å². The molecule has 0 saturated carbocycles. The molecule has 2 N–H and O–H groups in total. The molecule has 1 aliphatic rings. The van der Waals surface area contributed by atoms with E-state index in [9.17, 15) is 22.8 Å². The first-order valence-corrected chi connectivity index (χ1v) is 7.63. The third kappa shape index (κ3) is 5.71. The first-order valence-electron chi connectivity index (χ1n) is 7.63. The number of nitrogens with one attached hydrogen (secondary N) is 2. The minimum absolute atomic E-state index is 0.192. The minimum atomic E-state index is -4.53. The number of pyridine rings is 1. The van der Waals surface area contributed by atoms with Crippen LogP contribution in [0.1, 0.15) is 12.8 Å². The Balaban J connectivity index is 1.69. The van der Waals surface area contributed by atoms with Gasteiger partial charge in [-0.2, -0.15) is 13.2 Å². The zero-order chi connectivity index (χ0) is 17.6. The molecule has 132 valence electrons. The second-order valence-electron chi connectivity index (χ2n) is 5.65. The third-order valence-electron chi connectivity index (χ3n) is 3.83. The Morgan fingerprint density at radius 1 is 1.21 bits per heavy atom. The van der Waals surface area contributed by atoms with Crippen molar-refractivity contribution in [2.45, 2.75) is 19.0 Å². The molecule has 0 bridgehead atoms. The fourth-order valence-corrected chi connectivity index (χ4v) is 2.51. The number of nitrogens with zero attached hydrogens (tertiary/aromatic N) is 2. The monoisotopic (exact) mass is 344 g/mol. The normalized spacial score (nSPS) is 15.9. The lowest BCUT2D eigenvalue weighted by molar-refractivity contribution is -0.146. The summed E-state index contributed by atoms with van der Waals surface area (Å²) in [6.07, 6.45) is 0.594. The van der Waals surface area contributed by atoms with Crippen LogP contribution >= 0.6 is 0 Å². The topological polar surface area (TPSA) is 74.3 Å². The summed E-state index contributed by atoms with van der Waals surface area (Å²) in [4.78, 5) is 29.0. The van der Waals surface area contributed by atoms with Crippen molar-refractivity contribution in [2.75, 3.05) is 31.1 Å². The number of alkyl halides is 3. The van der Waals surface area contributed by atoms with Gasteiger partial charge in [0.15, 0.2) is 0 Å². The highest BCUT2D eigenvalue weighted by molar-refractivity contribution is 6.35. The molecule has 6 nitrogen and oxygen atoms in total. The van der Waals surface area contributed by atoms with E-state index in [1.54, 1.807) is 17.7 Å². The van der Waals surface area contributed by atoms with Crippen molar-refractivity contribution in [3.05, 3.63) is 24.5 Å². The van der Waals surface area contributed by atoms with Gasteiger partial charge in [-0.3, -0.25) is 14.6 Å². The summed E-state index contributed by atoms with van der Waals surface area (Å²) >= 11 is 0. The van der Waals surface area contributed by atoms with E-state index in [1.165, 1.54) is 0 Å². The van der Waals surface area contributed by atoms with Crippen LogP contribution in [0.15, 0.2) is 24.5 Å². The van der Waals surface area contributed by atoms with Crippen LogP contribution in [0.4, 0.5) is 18.9 Å². The van der Waals surface area contributed by atoms with Crippen molar-refractivity contribution >= 4 is 17.5 Å². The zero-order valence-electron chi connectivity index (χ0n) is 13.0. The van der Waals surface area contributed by atoms with Crippen LogP contribution in [0.2, 0.25) is 0 Å². The van der Waals surface area contributed by atoms with Crippen molar-refractivity contribution < 1.29 is 22.8 Å². The number of amides is 2. The molecular weight excluding hydrogens is 325 g/mol. The molecule has 1 aromatic heterocycles. The Bertz CT molecular complexity index is 558. The predicted molar refractivity (Wildman–Crippen MR) is 81.2 cm³/mol. The number of rotatable bonds is 4. The van der Waals surface area contributed by atoms with Gasteiger partial charge in [0, 0.05) is 25.8 Å². The number of halogens is 3. The second-order valence-corrected chi connectivity index (χ2v) is 5.65. The fourth-order valence-electron chi connectivity index (χ4n) is 2.51. The Morgan fingerprint density at radius 3 is 2.46 bits per heavy atom. The van der Waals surface area contributed by atoms with Crippen molar-refractivity contribution in [3.63, 3.8) is 0 Å². The summed E-state index contributed by atoms with van der Waals surface area (Å²) in [5, 5.41) is 3.94. The predicted octanol–water partition coefficient (Wildman–Crippen LogP) is 1.09. The van der Waals surface area contributed by atoms with E-state index < -0.39 is 24.5 Å². The molecule has 2 rings (SSSR count). The second kappa shape index (κ2) is 7.98. The van der Waals surface area contributed by atoms with Crippen LogP contribution in [0.3, 0.4) is 0 Å². The van der Waals surface area contributed by atoms with E-state index in [1.807, 2.05) is 12.1 Å². The molecule has 0 spiro atoms. The van der Waals surface area contributed by atoms with Crippen LogP contribution < -0.4 is 15.5 Å². The molecule has 9 heteroatoms. The lowest BCUT2D eigenvalue weighted by Gasteiger charge is -2.33. The average molecular weight is 344 g/mol. The molecule has 0 atom stereocenters. The van der Waals surface area contributed by atoms with Crippen LogP contribution in [0.25, 0.3) is 0 Å². The highest BCUT2D eigenvalue weighted by atomic mass is 19.4. The Morgan fingerprint density at radius 2 is 1.88 bits per heavy atom. The molecule has 0 aliphatic carbocycles. The molecule has 0 unspecified atom stereocenters.